The Bertz CT molecular complexity index is 397. The molecule has 0 aromatic rings. The zero-order chi connectivity index (χ0) is 22.3. The Kier molecular flexibility index (Phi) is 26.2. The average molecular weight is 477 g/mol. The lowest BCUT2D eigenvalue weighted by molar-refractivity contribution is -0.137. The maximum Gasteiger partial charge on any atom is 0.330 e. The van der Waals surface area contributed by atoms with Gasteiger partial charge in [-0.05, 0) is 26.7 Å². The third-order valence-electron chi connectivity index (χ3n) is 6.80. The van der Waals surface area contributed by atoms with Crippen LogP contribution in [-0.2, 0) is 9.53 Å². The van der Waals surface area contributed by atoms with Crippen LogP contribution in [0, 0.1) is 0 Å². The number of hydrogen-bond donors (Lipinski definition) is 0. The first-order valence-corrected chi connectivity index (χ1v) is 15.8. The van der Waals surface area contributed by atoms with E-state index in [1.165, 1.54) is 127 Å². The molecule has 2 nitrogen and oxygen atoms in total. The van der Waals surface area contributed by atoms with Gasteiger partial charge >= 0.3 is 5.97 Å². The molecule has 0 N–H and O–H groups in total. The highest BCUT2D eigenvalue weighted by Gasteiger charge is 2.32. The van der Waals surface area contributed by atoms with E-state index in [0.29, 0.717) is 6.61 Å². The molecular weight excluding hydrogens is 423 g/mol. The molecule has 0 aromatic heterocycles. The largest absolute Gasteiger partial charge is 1.00 e. The third kappa shape index (κ3) is 20.3. The van der Waals surface area contributed by atoms with Crippen LogP contribution in [0.15, 0.2) is 12.7 Å². The number of unbranched alkanes of at least 4 members (excludes halogenated alkanes) is 15. The van der Waals surface area contributed by atoms with Gasteiger partial charge in [0.15, 0.2) is 0 Å². The van der Waals surface area contributed by atoms with Crippen LogP contribution < -0.4 is 12.4 Å². The first-order valence-electron chi connectivity index (χ1n) is 13.3. The van der Waals surface area contributed by atoms with Crippen LogP contribution in [0.3, 0.4) is 0 Å². The topological polar surface area (TPSA) is 26.3 Å². The SMILES string of the molecule is C=CC(=O)OCC[P+](CC)(CC)CCCCCCCCCCCCCCCCCC.[Cl-]. The normalized spacial score (nSPS) is 11.2. The maximum absolute atomic E-state index is 11.3. The van der Waals surface area contributed by atoms with Gasteiger partial charge in [-0.15, -0.1) is 0 Å². The summed E-state index contributed by atoms with van der Waals surface area (Å²) in [5, 5.41) is 0. The molecule has 0 radical (unpaired) electrons. The zero-order valence-electron chi connectivity index (χ0n) is 21.3. The lowest BCUT2D eigenvalue weighted by Crippen LogP contribution is -3.00. The molecule has 186 valence electrons. The highest BCUT2D eigenvalue weighted by molar-refractivity contribution is 7.75. The van der Waals surface area contributed by atoms with Gasteiger partial charge in [-0.1, -0.05) is 103 Å². The van der Waals surface area contributed by atoms with Crippen molar-refractivity contribution in [2.24, 2.45) is 0 Å². The highest BCUT2D eigenvalue weighted by Crippen LogP contribution is 2.58. The van der Waals surface area contributed by atoms with Crippen molar-refractivity contribution in [3.8, 4) is 0 Å². The number of carbonyl (C=O) groups is 1. The fourth-order valence-corrected chi connectivity index (χ4v) is 7.67. The lowest BCUT2D eigenvalue weighted by Gasteiger charge is -2.25. The number of carbonyl (C=O) groups excluding carboxylic acids is 1. The summed E-state index contributed by atoms with van der Waals surface area (Å²) in [5.74, 6) is -0.275. The smallest absolute Gasteiger partial charge is 0.330 e. The van der Waals surface area contributed by atoms with Crippen molar-refractivity contribution in [2.75, 3.05) is 31.3 Å². The zero-order valence-corrected chi connectivity index (χ0v) is 22.9. The lowest BCUT2D eigenvalue weighted by atomic mass is 10.0. The number of rotatable bonds is 23. The van der Waals surface area contributed by atoms with Crippen LogP contribution in [0.5, 0.6) is 0 Å². The van der Waals surface area contributed by atoms with Crippen LogP contribution >= 0.6 is 7.26 Å². The number of ether oxygens (including phenoxy) is 1. The molecule has 0 aliphatic carbocycles. The second kappa shape index (κ2) is 24.6. The van der Waals surface area contributed by atoms with Crippen LogP contribution in [0.4, 0.5) is 0 Å². The van der Waals surface area contributed by atoms with E-state index in [0.717, 1.165) is 6.16 Å². The van der Waals surface area contributed by atoms with Crippen molar-refractivity contribution in [1.29, 1.82) is 0 Å². The van der Waals surface area contributed by atoms with Gasteiger partial charge in [0.05, 0.1) is 24.6 Å². The van der Waals surface area contributed by atoms with Gasteiger partial charge < -0.3 is 17.1 Å². The van der Waals surface area contributed by atoms with Gasteiger partial charge in [-0.25, -0.2) is 4.79 Å². The van der Waals surface area contributed by atoms with Crippen LogP contribution in [0.1, 0.15) is 124 Å². The highest BCUT2D eigenvalue weighted by atomic mass is 35.5. The molecule has 0 aliphatic rings. The van der Waals surface area contributed by atoms with Crippen molar-refractivity contribution in [2.45, 2.75) is 124 Å². The summed E-state index contributed by atoms with van der Waals surface area (Å²) in [7, 11) is -0.924. The van der Waals surface area contributed by atoms with E-state index in [1.54, 1.807) is 0 Å². The van der Waals surface area contributed by atoms with E-state index < -0.39 is 7.26 Å². The number of hydrogen-bond acceptors (Lipinski definition) is 2. The maximum atomic E-state index is 11.3. The Hall–Kier alpha value is -0.0700. The molecule has 0 heterocycles. The molecule has 0 aromatic carbocycles. The summed E-state index contributed by atoms with van der Waals surface area (Å²) in [5.41, 5.74) is 0. The van der Waals surface area contributed by atoms with E-state index in [9.17, 15) is 4.79 Å². The molecule has 0 aliphatic heterocycles. The Labute approximate surface area is 202 Å². The van der Waals surface area contributed by atoms with Crippen molar-refractivity contribution >= 4 is 13.2 Å². The first-order chi connectivity index (χ1) is 14.6. The van der Waals surface area contributed by atoms with Crippen LogP contribution in [0.2, 0.25) is 0 Å². The van der Waals surface area contributed by atoms with Crippen LogP contribution in [0.25, 0.3) is 0 Å². The molecule has 0 amide bonds. The average Bonchev–Trinajstić information content (AvgIpc) is 2.77. The Balaban J connectivity index is 0. The molecule has 0 saturated heterocycles. The quantitative estimate of drug-likeness (QED) is 0.0777. The van der Waals surface area contributed by atoms with Gasteiger partial charge in [0.2, 0.25) is 0 Å². The van der Waals surface area contributed by atoms with Crippen molar-refractivity contribution in [3.63, 3.8) is 0 Å². The molecule has 0 spiro atoms. The monoisotopic (exact) mass is 476 g/mol. The fourth-order valence-electron chi connectivity index (χ4n) is 4.36. The van der Waals surface area contributed by atoms with Gasteiger partial charge in [0, 0.05) is 13.3 Å². The minimum absolute atomic E-state index is 0. The standard InChI is InChI=1S/C27H54O2P.ClH/c1-5-9-10-11-12-13-14-15-16-17-18-19-20-21-22-23-25-30(7-3,8-4)26-24-29-27(28)6-2;/h6H,2,5,7-26H2,1,3-4H3;1H/q+1;/p-1. The second-order valence-corrected chi connectivity index (χ2v) is 13.9. The molecule has 0 saturated carbocycles. The predicted molar refractivity (Wildman–Crippen MR) is 138 cm³/mol. The number of halogens is 1. The molecule has 0 rings (SSSR count). The summed E-state index contributed by atoms with van der Waals surface area (Å²) in [6.07, 6.45) is 29.1. The molecule has 0 fully saturated rings. The fraction of sp³-hybridized carbons (Fsp3) is 0.889. The molecule has 0 bridgehead atoms. The molecule has 0 atom stereocenters. The third-order valence-corrected chi connectivity index (χ3v) is 11.9. The number of esters is 1. The van der Waals surface area contributed by atoms with Crippen LogP contribution in [-0.4, -0.2) is 37.2 Å². The molecule has 31 heavy (non-hydrogen) atoms. The van der Waals surface area contributed by atoms with Gasteiger partial charge in [-0.3, -0.25) is 0 Å². The Morgan fingerprint density at radius 1 is 0.677 bits per heavy atom. The molecule has 4 heteroatoms. The molecular formula is C27H54ClO2P. The van der Waals surface area contributed by atoms with Crippen molar-refractivity contribution in [3.05, 3.63) is 12.7 Å². The minimum Gasteiger partial charge on any atom is -1.00 e. The summed E-state index contributed by atoms with van der Waals surface area (Å²) in [4.78, 5) is 11.3. The van der Waals surface area contributed by atoms with Gasteiger partial charge in [-0.2, -0.15) is 0 Å². The van der Waals surface area contributed by atoms with Gasteiger partial charge in [0.1, 0.15) is 6.61 Å². The van der Waals surface area contributed by atoms with Crippen molar-refractivity contribution in [1.82, 2.24) is 0 Å². The van der Waals surface area contributed by atoms with E-state index >= 15 is 0 Å². The van der Waals surface area contributed by atoms with Gasteiger partial charge in [0.25, 0.3) is 0 Å². The van der Waals surface area contributed by atoms with E-state index in [-0.39, 0.29) is 18.4 Å². The predicted octanol–water partition coefficient (Wildman–Crippen LogP) is 6.04. The summed E-state index contributed by atoms with van der Waals surface area (Å²) in [6, 6.07) is 0. The first kappa shape index (κ1) is 33.1. The minimum atomic E-state index is -0.924. The van der Waals surface area contributed by atoms with Crippen molar-refractivity contribution < 1.29 is 21.9 Å². The Morgan fingerprint density at radius 3 is 1.42 bits per heavy atom. The summed E-state index contributed by atoms with van der Waals surface area (Å²) in [6.45, 7) is 11.0. The van der Waals surface area contributed by atoms with E-state index in [2.05, 4.69) is 27.4 Å². The van der Waals surface area contributed by atoms with E-state index in [1.807, 2.05) is 0 Å². The molecule has 0 unspecified atom stereocenters. The summed E-state index contributed by atoms with van der Waals surface area (Å²) < 4.78 is 5.25. The van der Waals surface area contributed by atoms with E-state index in [4.69, 9.17) is 4.74 Å². The summed E-state index contributed by atoms with van der Waals surface area (Å²) >= 11 is 0. The Morgan fingerprint density at radius 2 is 1.06 bits per heavy atom. The second-order valence-electron chi connectivity index (χ2n) is 9.10.